The van der Waals surface area contributed by atoms with E-state index in [1.54, 1.807) is 12.1 Å². The molecule has 0 aliphatic heterocycles. The Balaban J connectivity index is 2.14. The average Bonchev–Trinajstić information content (AvgIpc) is 2.71. The molecule has 15 heavy (non-hydrogen) atoms. The molecule has 6 heteroatoms. The molecule has 0 spiro atoms. The molecule has 0 fully saturated rings. The molecule has 6 nitrogen and oxygen atoms in total. The van der Waals surface area contributed by atoms with Gasteiger partial charge in [0.25, 0.3) is 5.69 Å². The van der Waals surface area contributed by atoms with Crippen molar-refractivity contribution in [1.82, 2.24) is 15.2 Å². The number of aromatic amines is 1. The lowest BCUT2D eigenvalue weighted by atomic mass is 10.1. The van der Waals surface area contributed by atoms with Crippen LogP contribution in [0, 0.1) is 10.1 Å². The monoisotopic (exact) mass is 204 g/mol. The third-order valence-electron chi connectivity index (χ3n) is 1.98. The first-order chi connectivity index (χ1) is 7.25. The molecule has 0 aliphatic rings. The van der Waals surface area contributed by atoms with Crippen molar-refractivity contribution in [2.24, 2.45) is 0 Å². The lowest BCUT2D eigenvalue weighted by Gasteiger charge is -1.97. The number of nitro groups is 1. The number of non-ortho nitro benzene ring substituents is 1. The van der Waals surface area contributed by atoms with Crippen LogP contribution >= 0.6 is 0 Å². The molecule has 2 rings (SSSR count). The fraction of sp³-hybridized carbons (Fsp3) is 0.111. The van der Waals surface area contributed by atoms with E-state index < -0.39 is 4.92 Å². The third kappa shape index (κ3) is 2.16. The van der Waals surface area contributed by atoms with E-state index in [9.17, 15) is 10.1 Å². The number of aromatic nitrogens is 3. The van der Waals surface area contributed by atoms with Crippen molar-refractivity contribution in [3.8, 4) is 0 Å². The van der Waals surface area contributed by atoms with Gasteiger partial charge < -0.3 is 0 Å². The van der Waals surface area contributed by atoms with E-state index >= 15 is 0 Å². The van der Waals surface area contributed by atoms with Crippen LogP contribution in [0.1, 0.15) is 11.4 Å². The number of nitrogens with one attached hydrogen (secondary N) is 1. The minimum atomic E-state index is -0.418. The van der Waals surface area contributed by atoms with Gasteiger partial charge in [0.1, 0.15) is 12.2 Å². The van der Waals surface area contributed by atoms with Gasteiger partial charge in [-0.1, -0.05) is 12.1 Å². The molecule has 0 aliphatic carbocycles. The van der Waals surface area contributed by atoms with Crippen LogP contribution < -0.4 is 0 Å². The van der Waals surface area contributed by atoms with E-state index in [2.05, 4.69) is 15.2 Å². The first-order valence-electron chi connectivity index (χ1n) is 4.33. The van der Waals surface area contributed by atoms with Gasteiger partial charge in [0, 0.05) is 18.6 Å². The normalized spacial score (nSPS) is 10.1. The lowest BCUT2D eigenvalue weighted by Crippen LogP contribution is -1.92. The SMILES string of the molecule is O=[N+]([O-])c1ccc(Cc2ncn[nH]2)cc1. The zero-order valence-electron chi connectivity index (χ0n) is 7.75. The maximum atomic E-state index is 10.4. The zero-order chi connectivity index (χ0) is 10.7. The Morgan fingerprint density at radius 1 is 1.33 bits per heavy atom. The van der Waals surface area contributed by atoms with Crippen LogP contribution in [-0.2, 0) is 6.42 Å². The Morgan fingerprint density at radius 3 is 2.60 bits per heavy atom. The van der Waals surface area contributed by atoms with Crippen molar-refractivity contribution < 1.29 is 4.92 Å². The second-order valence-electron chi connectivity index (χ2n) is 3.03. The number of H-pyrrole nitrogens is 1. The molecular formula is C9H8N4O2. The molecule has 1 aromatic carbocycles. The van der Waals surface area contributed by atoms with E-state index in [4.69, 9.17) is 0 Å². The van der Waals surface area contributed by atoms with Crippen LogP contribution in [0.5, 0.6) is 0 Å². The van der Waals surface area contributed by atoms with Crippen LogP contribution in [-0.4, -0.2) is 20.1 Å². The molecule has 2 aromatic rings. The highest BCUT2D eigenvalue weighted by atomic mass is 16.6. The summed E-state index contributed by atoms with van der Waals surface area (Å²) in [4.78, 5) is 14.0. The van der Waals surface area contributed by atoms with Crippen molar-refractivity contribution in [3.05, 3.63) is 52.1 Å². The summed E-state index contributed by atoms with van der Waals surface area (Å²) >= 11 is 0. The average molecular weight is 204 g/mol. The standard InChI is InChI=1S/C9H8N4O2/c14-13(15)8-3-1-7(2-4-8)5-9-10-6-11-12-9/h1-4,6H,5H2,(H,10,11,12). The summed E-state index contributed by atoms with van der Waals surface area (Å²) < 4.78 is 0. The number of nitrogens with zero attached hydrogens (tertiary/aromatic N) is 3. The van der Waals surface area contributed by atoms with Gasteiger partial charge in [-0.05, 0) is 5.56 Å². The lowest BCUT2D eigenvalue weighted by molar-refractivity contribution is -0.384. The fourth-order valence-corrected chi connectivity index (χ4v) is 1.24. The molecule has 0 radical (unpaired) electrons. The first-order valence-corrected chi connectivity index (χ1v) is 4.33. The summed E-state index contributed by atoms with van der Waals surface area (Å²) in [5.41, 5.74) is 1.05. The Labute approximate surface area is 85.1 Å². The van der Waals surface area contributed by atoms with Gasteiger partial charge in [-0.25, -0.2) is 4.98 Å². The van der Waals surface area contributed by atoms with Crippen molar-refractivity contribution in [2.45, 2.75) is 6.42 Å². The van der Waals surface area contributed by atoms with E-state index in [1.165, 1.54) is 18.5 Å². The van der Waals surface area contributed by atoms with E-state index in [-0.39, 0.29) is 5.69 Å². The summed E-state index contributed by atoms with van der Waals surface area (Å²) in [6.45, 7) is 0. The predicted molar refractivity (Wildman–Crippen MR) is 52.3 cm³/mol. The molecular weight excluding hydrogens is 196 g/mol. The Kier molecular flexibility index (Phi) is 2.40. The molecule has 0 saturated heterocycles. The van der Waals surface area contributed by atoms with Crippen molar-refractivity contribution in [1.29, 1.82) is 0 Å². The van der Waals surface area contributed by atoms with Gasteiger partial charge in [-0.3, -0.25) is 15.2 Å². The molecule has 76 valence electrons. The molecule has 0 bridgehead atoms. The van der Waals surface area contributed by atoms with Crippen molar-refractivity contribution in [3.63, 3.8) is 0 Å². The Morgan fingerprint density at radius 2 is 2.07 bits per heavy atom. The van der Waals surface area contributed by atoms with Gasteiger partial charge >= 0.3 is 0 Å². The number of rotatable bonds is 3. The highest BCUT2D eigenvalue weighted by Gasteiger charge is 2.04. The second kappa shape index (κ2) is 3.87. The summed E-state index contributed by atoms with van der Waals surface area (Å²) in [6, 6.07) is 6.37. The maximum absolute atomic E-state index is 10.4. The number of benzene rings is 1. The van der Waals surface area contributed by atoms with Crippen LogP contribution in [0.25, 0.3) is 0 Å². The molecule has 0 amide bonds. The predicted octanol–water partition coefficient (Wildman–Crippen LogP) is 1.30. The topological polar surface area (TPSA) is 84.7 Å². The summed E-state index contributed by atoms with van der Waals surface area (Å²) in [5.74, 6) is 0.740. The molecule has 0 atom stereocenters. The van der Waals surface area contributed by atoms with E-state index in [0.29, 0.717) is 6.42 Å². The Hall–Kier alpha value is -2.24. The van der Waals surface area contributed by atoms with Gasteiger partial charge in [-0.15, -0.1) is 0 Å². The van der Waals surface area contributed by atoms with E-state index in [0.717, 1.165) is 11.4 Å². The zero-order valence-corrected chi connectivity index (χ0v) is 7.75. The van der Waals surface area contributed by atoms with Crippen LogP contribution in [0.2, 0.25) is 0 Å². The van der Waals surface area contributed by atoms with Gasteiger partial charge in [0.05, 0.1) is 4.92 Å². The smallest absolute Gasteiger partial charge is 0.263 e. The van der Waals surface area contributed by atoms with Crippen LogP contribution in [0.15, 0.2) is 30.6 Å². The molecule has 0 unspecified atom stereocenters. The molecule has 1 N–H and O–H groups in total. The summed E-state index contributed by atoms with van der Waals surface area (Å²) in [6.07, 6.45) is 2.03. The van der Waals surface area contributed by atoms with Crippen molar-refractivity contribution in [2.75, 3.05) is 0 Å². The fourth-order valence-electron chi connectivity index (χ4n) is 1.24. The molecule has 1 heterocycles. The van der Waals surface area contributed by atoms with Gasteiger partial charge in [0.15, 0.2) is 0 Å². The number of hydrogen-bond acceptors (Lipinski definition) is 4. The Bertz CT molecular complexity index is 449. The number of nitro benzene ring substituents is 1. The highest BCUT2D eigenvalue weighted by Crippen LogP contribution is 2.13. The quantitative estimate of drug-likeness (QED) is 0.603. The van der Waals surface area contributed by atoms with Crippen molar-refractivity contribution >= 4 is 5.69 Å². The summed E-state index contributed by atoms with van der Waals surface area (Å²) in [7, 11) is 0. The van der Waals surface area contributed by atoms with Crippen LogP contribution in [0.3, 0.4) is 0 Å². The first kappa shape index (κ1) is 9.32. The highest BCUT2D eigenvalue weighted by molar-refractivity contribution is 5.33. The third-order valence-corrected chi connectivity index (χ3v) is 1.98. The summed E-state index contributed by atoms with van der Waals surface area (Å²) in [5, 5.41) is 16.9. The van der Waals surface area contributed by atoms with Crippen LogP contribution in [0.4, 0.5) is 5.69 Å². The minimum absolute atomic E-state index is 0.0938. The second-order valence-corrected chi connectivity index (χ2v) is 3.03. The van der Waals surface area contributed by atoms with Gasteiger partial charge in [-0.2, -0.15) is 5.10 Å². The minimum Gasteiger partial charge on any atom is -0.263 e. The number of hydrogen-bond donors (Lipinski definition) is 1. The molecule has 0 saturated carbocycles. The largest absolute Gasteiger partial charge is 0.269 e. The van der Waals surface area contributed by atoms with E-state index in [1.807, 2.05) is 0 Å². The maximum Gasteiger partial charge on any atom is 0.269 e. The molecule has 1 aromatic heterocycles. The van der Waals surface area contributed by atoms with Gasteiger partial charge in [0.2, 0.25) is 0 Å².